The molecule has 1 aliphatic rings. The molecule has 1 aromatic heterocycles. The SMILES string of the molecule is O=C(O)CC1CN(C(=O)Cn2[nH]c(=O)ccc2=O)C1. The molecule has 0 unspecified atom stereocenters. The van der Waals surface area contributed by atoms with E-state index in [9.17, 15) is 19.2 Å². The van der Waals surface area contributed by atoms with E-state index in [4.69, 9.17) is 5.11 Å². The van der Waals surface area contributed by atoms with Gasteiger partial charge in [0.1, 0.15) is 6.54 Å². The fraction of sp³-hybridized carbons (Fsp3) is 0.455. The molecule has 1 aromatic rings. The van der Waals surface area contributed by atoms with Gasteiger partial charge < -0.3 is 10.0 Å². The van der Waals surface area contributed by atoms with Crippen LogP contribution in [0.1, 0.15) is 6.42 Å². The van der Waals surface area contributed by atoms with Gasteiger partial charge in [0.25, 0.3) is 11.1 Å². The summed E-state index contributed by atoms with van der Waals surface area (Å²) in [5.41, 5.74) is -0.921. The minimum atomic E-state index is -0.888. The van der Waals surface area contributed by atoms with E-state index >= 15 is 0 Å². The Morgan fingerprint density at radius 1 is 1.32 bits per heavy atom. The van der Waals surface area contributed by atoms with E-state index < -0.39 is 17.1 Å². The Bertz CT molecular complexity index is 611. The van der Waals surface area contributed by atoms with Gasteiger partial charge in [-0.25, -0.2) is 4.68 Å². The average molecular weight is 267 g/mol. The molecule has 0 radical (unpaired) electrons. The second kappa shape index (κ2) is 5.09. The molecule has 2 heterocycles. The summed E-state index contributed by atoms with van der Waals surface area (Å²) in [6.07, 6.45) is 0.0336. The summed E-state index contributed by atoms with van der Waals surface area (Å²) in [5, 5.41) is 10.8. The van der Waals surface area contributed by atoms with Crippen LogP contribution >= 0.6 is 0 Å². The first-order valence-corrected chi connectivity index (χ1v) is 5.75. The zero-order valence-electron chi connectivity index (χ0n) is 10.0. The van der Waals surface area contributed by atoms with Gasteiger partial charge in [0.2, 0.25) is 5.91 Å². The third-order valence-corrected chi connectivity index (χ3v) is 2.96. The molecule has 8 nitrogen and oxygen atoms in total. The third kappa shape index (κ3) is 3.09. The first kappa shape index (κ1) is 13.1. The van der Waals surface area contributed by atoms with Gasteiger partial charge in [-0.15, -0.1) is 0 Å². The number of rotatable bonds is 4. The molecule has 0 aliphatic carbocycles. The van der Waals surface area contributed by atoms with Crippen molar-refractivity contribution in [1.82, 2.24) is 14.7 Å². The molecule has 0 bridgehead atoms. The van der Waals surface area contributed by atoms with Crippen LogP contribution in [0.5, 0.6) is 0 Å². The number of aliphatic carboxylic acids is 1. The summed E-state index contributed by atoms with van der Waals surface area (Å²) >= 11 is 0. The third-order valence-electron chi connectivity index (χ3n) is 2.96. The van der Waals surface area contributed by atoms with Crippen LogP contribution in [0.2, 0.25) is 0 Å². The number of hydrogen-bond donors (Lipinski definition) is 2. The van der Waals surface area contributed by atoms with Gasteiger partial charge in [-0.3, -0.25) is 24.3 Å². The Balaban J connectivity index is 1.93. The Kier molecular flexibility index (Phi) is 3.50. The fourth-order valence-electron chi connectivity index (χ4n) is 1.96. The van der Waals surface area contributed by atoms with E-state index in [-0.39, 0.29) is 24.8 Å². The van der Waals surface area contributed by atoms with Crippen molar-refractivity contribution < 1.29 is 14.7 Å². The molecule has 19 heavy (non-hydrogen) atoms. The molecular weight excluding hydrogens is 254 g/mol. The Morgan fingerprint density at radius 3 is 2.63 bits per heavy atom. The van der Waals surface area contributed by atoms with Gasteiger partial charge in [-0.2, -0.15) is 0 Å². The average Bonchev–Trinajstić information content (AvgIpc) is 2.27. The lowest BCUT2D eigenvalue weighted by Crippen LogP contribution is -2.52. The Hall–Kier alpha value is -2.38. The highest BCUT2D eigenvalue weighted by molar-refractivity contribution is 5.77. The minimum Gasteiger partial charge on any atom is -0.481 e. The molecule has 1 amide bonds. The molecule has 0 aromatic carbocycles. The maximum atomic E-state index is 11.8. The van der Waals surface area contributed by atoms with E-state index in [2.05, 4.69) is 5.10 Å². The number of nitrogens with one attached hydrogen (secondary N) is 1. The highest BCUT2D eigenvalue weighted by atomic mass is 16.4. The number of carboxylic acids is 1. The molecule has 1 saturated heterocycles. The van der Waals surface area contributed by atoms with Crippen LogP contribution < -0.4 is 11.1 Å². The molecule has 0 atom stereocenters. The van der Waals surface area contributed by atoms with Crippen LogP contribution in [0.4, 0.5) is 0 Å². The number of nitrogens with zero attached hydrogens (tertiary/aromatic N) is 2. The second-order valence-corrected chi connectivity index (χ2v) is 4.50. The molecule has 2 rings (SSSR count). The van der Waals surface area contributed by atoms with Gasteiger partial charge in [-0.1, -0.05) is 0 Å². The molecule has 2 N–H and O–H groups in total. The van der Waals surface area contributed by atoms with Gasteiger partial charge in [0.05, 0.1) is 6.42 Å². The van der Waals surface area contributed by atoms with Crippen molar-refractivity contribution in [3.05, 3.63) is 32.8 Å². The van der Waals surface area contributed by atoms with E-state index in [1.165, 1.54) is 4.90 Å². The number of carboxylic acid groups (broad SMARTS) is 1. The topological polar surface area (TPSA) is 112 Å². The maximum Gasteiger partial charge on any atom is 0.303 e. The van der Waals surface area contributed by atoms with Gasteiger partial charge in [-0.05, 0) is 0 Å². The molecule has 8 heteroatoms. The highest BCUT2D eigenvalue weighted by Gasteiger charge is 2.32. The maximum absolute atomic E-state index is 11.8. The number of likely N-dealkylation sites (tertiary alicyclic amines) is 1. The lowest BCUT2D eigenvalue weighted by molar-refractivity contribution is -0.145. The molecule has 0 spiro atoms. The van der Waals surface area contributed by atoms with Gasteiger partial charge >= 0.3 is 5.97 Å². The minimum absolute atomic E-state index is 0.0336. The number of carbonyl (C=O) groups is 2. The summed E-state index contributed by atoms with van der Waals surface area (Å²) < 4.78 is 0.940. The number of amides is 1. The second-order valence-electron chi connectivity index (χ2n) is 4.50. The normalized spacial score (nSPS) is 15.1. The number of aromatic nitrogens is 2. The fourth-order valence-corrected chi connectivity index (χ4v) is 1.96. The van der Waals surface area contributed by atoms with E-state index in [0.717, 1.165) is 16.8 Å². The van der Waals surface area contributed by atoms with Crippen LogP contribution in [-0.2, 0) is 16.1 Å². The summed E-state index contributed by atoms with van der Waals surface area (Å²) in [5.74, 6) is -1.24. The van der Waals surface area contributed by atoms with Crippen molar-refractivity contribution in [2.45, 2.75) is 13.0 Å². The zero-order chi connectivity index (χ0) is 14.0. The van der Waals surface area contributed by atoms with E-state index in [1.54, 1.807) is 0 Å². The van der Waals surface area contributed by atoms with Crippen LogP contribution in [0.3, 0.4) is 0 Å². The van der Waals surface area contributed by atoms with Gasteiger partial charge in [0.15, 0.2) is 0 Å². The van der Waals surface area contributed by atoms with Crippen molar-refractivity contribution in [1.29, 1.82) is 0 Å². The summed E-state index contributed by atoms with van der Waals surface area (Å²) in [7, 11) is 0. The number of carbonyl (C=O) groups excluding carboxylic acids is 1. The quantitative estimate of drug-likeness (QED) is 0.687. The smallest absolute Gasteiger partial charge is 0.303 e. The number of H-pyrrole nitrogens is 1. The molecular formula is C11H13N3O5. The predicted octanol–water partition coefficient (Wildman–Crippen LogP) is -1.53. The van der Waals surface area contributed by atoms with E-state index in [0.29, 0.717) is 13.1 Å². The van der Waals surface area contributed by atoms with Crippen LogP contribution in [0, 0.1) is 5.92 Å². The van der Waals surface area contributed by atoms with E-state index in [1.807, 2.05) is 0 Å². The molecule has 102 valence electrons. The Morgan fingerprint density at radius 2 is 2.00 bits per heavy atom. The highest BCUT2D eigenvalue weighted by Crippen LogP contribution is 2.18. The number of aromatic amines is 1. The van der Waals surface area contributed by atoms with Crippen LogP contribution in [-0.4, -0.2) is 44.8 Å². The number of hydrogen-bond acceptors (Lipinski definition) is 4. The Labute approximate surface area is 107 Å². The van der Waals surface area contributed by atoms with Crippen LogP contribution in [0.15, 0.2) is 21.7 Å². The molecule has 1 aliphatic heterocycles. The largest absolute Gasteiger partial charge is 0.481 e. The van der Waals surface area contributed by atoms with Crippen molar-refractivity contribution in [2.75, 3.05) is 13.1 Å². The monoisotopic (exact) mass is 267 g/mol. The van der Waals surface area contributed by atoms with Crippen molar-refractivity contribution in [2.24, 2.45) is 5.92 Å². The predicted molar refractivity (Wildman–Crippen MR) is 63.6 cm³/mol. The first-order chi connectivity index (χ1) is 8.95. The van der Waals surface area contributed by atoms with Gasteiger partial charge in [0, 0.05) is 31.1 Å². The first-order valence-electron chi connectivity index (χ1n) is 5.75. The van der Waals surface area contributed by atoms with Crippen molar-refractivity contribution >= 4 is 11.9 Å². The van der Waals surface area contributed by atoms with Crippen molar-refractivity contribution in [3.8, 4) is 0 Å². The summed E-state index contributed by atoms with van der Waals surface area (Å²) in [4.78, 5) is 46.1. The summed E-state index contributed by atoms with van der Waals surface area (Å²) in [6.45, 7) is 0.503. The van der Waals surface area contributed by atoms with Crippen LogP contribution in [0.25, 0.3) is 0 Å². The summed E-state index contributed by atoms with van der Waals surface area (Å²) in [6, 6.07) is 2.19. The zero-order valence-corrected chi connectivity index (χ0v) is 10.0. The molecule has 1 fully saturated rings. The molecule has 0 saturated carbocycles. The lowest BCUT2D eigenvalue weighted by atomic mass is 9.96. The standard InChI is InChI=1S/C11H13N3O5/c15-8-1-2-9(16)14(12-8)6-10(17)13-4-7(5-13)3-11(18)19/h1-2,7H,3-6H2,(H,12,15)(H,18,19). The van der Waals surface area contributed by atoms with Crippen molar-refractivity contribution in [3.63, 3.8) is 0 Å². The lowest BCUT2D eigenvalue weighted by Gasteiger charge is -2.38.